The van der Waals surface area contributed by atoms with E-state index in [-0.39, 0.29) is 41.9 Å². The maximum absolute atomic E-state index is 13.9. The number of amides is 1. The molecular formula is C25H29Cl2N3O8. The van der Waals surface area contributed by atoms with E-state index in [2.05, 4.69) is 0 Å². The monoisotopic (exact) mass is 569 g/mol. The molecule has 3 aliphatic carbocycles. The second-order valence-electron chi connectivity index (χ2n) is 10.1. The highest BCUT2D eigenvalue weighted by Gasteiger charge is 2.64. The van der Waals surface area contributed by atoms with Crippen molar-refractivity contribution in [3.8, 4) is 5.75 Å². The van der Waals surface area contributed by atoms with Gasteiger partial charge >= 0.3 is 0 Å². The van der Waals surface area contributed by atoms with Crippen LogP contribution in [-0.4, -0.2) is 94.3 Å². The number of aliphatic hydroxyl groups excluding tert-OH is 2. The van der Waals surface area contributed by atoms with E-state index in [9.17, 15) is 39.6 Å². The summed E-state index contributed by atoms with van der Waals surface area (Å²) >= 11 is 5.71. The van der Waals surface area contributed by atoms with Crippen LogP contribution in [0.25, 0.3) is 5.76 Å². The summed E-state index contributed by atoms with van der Waals surface area (Å²) in [6.07, 6.45) is 0.0900. The van der Waals surface area contributed by atoms with Gasteiger partial charge in [0.05, 0.1) is 23.0 Å². The Kier molecular flexibility index (Phi) is 7.66. The first kappa shape index (κ1) is 29.4. The molecule has 11 nitrogen and oxygen atoms in total. The van der Waals surface area contributed by atoms with Crippen molar-refractivity contribution in [1.82, 2.24) is 4.90 Å². The van der Waals surface area contributed by atoms with Crippen LogP contribution in [0.1, 0.15) is 27.9 Å². The zero-order valence-corrected chi connectivity index (χ0v) is 22.7. The number of phenolic OH excluding ortho intramolecular Hbond substituents is 1. The number of phenols is 1. The van der Waals surface area contributed by atoms with Gasteiger partial charge in [-0.25, -0.2) is 0 Å². The number of nitrogens with two attached hydrogens (primary N) is 1. The number of hydrogen-bond acceptors (Lipinski definition) is 10. The number of halogens is 2. The first-order chi connectivity index (χ1) is 17.2. The molecule has 0 aliphatic heterocycles. The molecule has 0 aromatic heterocycles. The summed E-state index contributed by atoms with van der Waals surface area (Å²) in [5.41, 5.74) is 2.07. The lowest BCUT2D eigenvalue weighted by Gasteiger charge is -2.50. The van der Waals surface area contributed by atoms with Crippen LogP contribution in [0.2, 0.25) is 0 Å². The van der Waals surface area contributed by atoms with E-state index < -0.39 is 75.5 Å². The summed E-state index contributed by atoms with van der Waals surface area (Å²) < 4.78 is 0. The normalized spacial score (nSPS) is 26.4. The van der Waals surface area contributed by atoms with Gasteiger partial charge in [-0.15, -0.1) is 24.0 Å². The van der Waals surface area contributed by atoms with E-state index >= 15 is 0 Å². The molecule has 0 bridgehead atoms. The number of aliphatic hydroxyl groups is 3. The summed E-state index contributed by atoms with van der Waals surface area (Å²) in [4.78, 5) is 54.6. The number of carbonyl (C=O) groups is 4. The number of hydrogen-bond donors (Lipinski definition) is 5. The summed E-state index contributed by atoms with van der Waals surface area (Å²) in [6.45, 7) is 0. The molecule has 0 spiro atoms. The van der Waals surface area contributed by atoms with Crippen molar-refractivity contribution in [3.05, 3.63) is 39.7 Å². The SMILES string of the molecule is CN(C)c1cc(C(=O)CCl)c(O)c2c1C[C@H]1C[C@H]3[C@H](N(C)C)C(=O)C(C(N)=O)=C(O)[C@@]3(O)C(=O)C1=C2O.Cl. The molecule has 0 unspecified atom stereocenters. The van der Waals surface area contributed by atoms with Crippen LogP contribution < -0.4 is 10.6 Å². The van der Waals surface area contributed by atoms with Crippen molar-refractivity contribution >= 4 is 58.7 Å². The van der Waals surface area contributed by atoms with E-state index in [1.165, 1.54) is 25.1 Å². The maximum Gasteiger partial charge on any atom is 0.255 e. The Bertz CT molecular complexity index is 1340. The molecule has 38 heavy (non-hydrogen) atoms. The van der Waals surface area contributed by atoms with Crippen LogP contribution >= 0.6 is 24.0 Å². The molecule has 4 atom stereocenters. The van der Waals surface area contributed by atoms with Crippen LogP contribution in [0.15, 0.2) is 23.0 Å². The lowest BCUT2D eigenvalue weighted by atomic mass is 9.57. The third-order valence-corrected chi connectivity index (χ3v) is 7.84. The second kappa shape index (κ2) is 9.88. The Morgan fingerprint density at radius 1 is 1.16 bits per heavy atom. The van der Waals surface area contributed by atoms with Crippen LogP contribution in [0.3, 0.4) is 0 Å². The molecule has 1 fully saturated rings. The first-order valence-corrected chi connectivity index (χ1v) is 12.0. The molecule has 1 amide bonds. The molecule has 1 aromatic carbocycles. The number of aromatic hydroxyl groups is 1. The molecule has 13 heteroatoms. The highest BCUT2D eigenvalue weighted by atomic mass is 35.5. The third-order valence-electron chi connectivity index (χ3n) is 7.60. The van der Waals surface area contributed by atoms with Crippen LogP contribution in [0.5, 0.6) is 5.75 Å². The van der Waals surface area contributed by atoms with Gasteiger partial charge in [0.2, 0.25) is 5.78 Å². The van der Waals surface area contributed by atoms with Crippen molar-refractivity contribution in [2.45, 2.75) is 24.5 Å². The van der Waals surface area contributed by atoms with E-state index in [4.69, 9.17) is 17.3 Å². The predicted octanol–water partition coefficient (Wildman–Crippen LogP) is 0.873. The van der Waals surface area contributed by atoms with Crippen LogP contribution in [-0.2, 0) is 20.8 Å². The minimum Gasteiger partial charge on any atom is -0.508 e. The number of ketones is 3. The van der Waals surface area contributed by atoms with Gasteiger partial charge < -0.3 is 31.1 Å². The number of rotatable bonds is 5. The minimum absolute atomic E-state index is 0. The number of likely N-dealkylation sites (N-methyl/N-ethyl adjacent to an activating group) is 1. The van der Waals surface area contributed by atoms with E-state index in [0.717, 1.165) is 0 Å². The van der Waals surface area contributed by atoms with Crippen LogP contribution in [0, 0.1) is 11.8 Å². The van der Waals surface area contributed by atoms with Gasteiger partial charge in [0.15, 0.2) is 17.2 Å². The number of fused-ring (bicyclic) bond motifs is 3. The number of anilines is 1. The smallest absolute Gasteiger partial charge is 0.255 e. The highest BCUT2D eigenvalue weighted by molar-refractivity contribution is 6.31. The molecule has 0 heterocycles. The minimum atomic E-state index is -2.73. The summed E-state index contributed by atoms with van der Waals surface area (Å²) in [7, 11) is 6.48. The molecule has 1 aromatic rings. The fourth-order valence-corrected chi connectivity index (χ4v) is 6.12. The third kappa shape index (κ3) is 3.87. The Hall–Kier alpha value is -3.12. The van der Waals surface area contributed by atoms with Crippen LogP contribution in [0.4, 0.5) is 5.69 Å². The molecule has 4 rings (SSSR count). The molecule has 3 aliphatic rings. The van der Waals surface area contributed by atoms with Gasteiger partial charge in [-0.3, -0.25) is 24.1 Å². The standard InChI is InChI=1S/C25H28ClN3O8.ClH/c1-28(2)13-7-11(14(30)8-26)19(31)16-10(13)5-9-6-12-18(29(3)4)21(33)17(24(27)36)23(35)25(12,37)22(34)15(9)20(16)32;/h7,9,12,18,31-32,35,37H,5-6,8H2,1-4H3,(H2,27,36);1H/t9-,12-,18-,25-;/m0./s1. The van der Waals surface area contributed by atoms with Gasteiger partial charge in [-0.1, -0.05) is 0 Å². The van der Waals surface area contributed by atoms with Crippen molar-refractivity contribution in [1.29, 1.82) is 0 Å². The number of carbonyl (C=O) groups excluding carboxylic acids is 4. The van der Waals surface area contributed by atoms with Gasteiger partial charge in [0, 0.05) is 31.3 Å². The summed E-state index contributed by atoms with van der Waals surface area (Å²) in [5, 5.41) is 44.8. The van der Waals surface area contributed by atoms with Gasteiger partial charge in [0.1, 0.15) is 22.8 Å². The van der Waals surface area contributed by atoms with Gasteiger partial charge in [-0.2, -0.15) is 0 Å². The average Bonchev–Trinajstić information content (AvgIpc) is 2.80. The van der Waals surface area contributed by atoms with Crippen molar-refractivity contribution < 1.29 is 39.6 Å². The number of alkyl halides is 1. The molecule has 1 saturated carbocycles. The van der Waals surface area contributed by atoms with E-state index in [0.29, 0.717) is 11.3 Å². The zero-order chi connectivity index (χ0) is 27.7. The number of nitrogens with zero attached hydrogens (tertiary/aromatic N) is 2. The Morgan fingerprint density at radius 2 is 1.76 bits per heavy atom. The number of Topliss-reactive ketones (excluding diaryl/α,β-unsaturated/α-hetero) is 3. The Morgan fingerprint density at radius 3 is 2.26 bits per heavy atom. The molecular weight excluding hydrogens is 541 g/mol. The van der Waals surface area contributed by atoms with E-state index in [1.807, 2.05) is 0 Å². The predicted molar refractivity (Wildman–Crippen MR) is 141 cm³/mol. The average molecular weight is 570 g/mol. The first-order valence-electron chi connectivity index (χ1n) is 11.5. The lowest BCUT2D eigenvalue weighted by Crippen LogP contribution is -2.65. The zero-order valence-electron chi connectivity index (χ0n) is 21.1. The van der Waals surface area contributed by atoms with Crippen molar-refractivity contribution in [2.24, 2.45) is 17.6 Å². The summed E-state index contributed by atoms with van der Waals surface area (Å²) in [5.74, 6) is -8.56. The fourth-order valence-electron chi connectivity index (χ4n) is 5.98. The molecule has 206 valence electrons. The largest absolute Gasteiger partial charge is 0.508 e. The highest BCUT2D eigenvalue weighted by Crippen LogP contribution is 2.54. The van der Waals surface area contributed by atoms with E-state index in [1.54, 1.807) is 19.0 Å². The fraction of sp³-hybridized carbons (Fsp3) is 0.440. The molecule has 0 radical (unpaired) electrons. The lowest BCUT2D eigenvalue weighted by molar-refractivity contribution is -0.153. The second-order valence-corrected chi connectivity index (χ2v) is 10.3. The number of primary amides is 1. The maximum atomic E-state index is 13.9. The van der Waals surface area contributed by atoms with Gasteiger partial charge in [0.25, 0.3) is 5.91 Å². The topological polar surface area (TPSA) is 182 Å². The number of benzene rings is 1. The quantitative estimate of drug-likeness (QED) is 0.194. The Balaban J connectivity index is 0.00000400. The molecule has 0 saturated heterocycles. The van der Waals surface area contributed by atoms with Gasteiger partial charge in [-0.05, 0) is 44.5 Å². The van der Waals surface area contributed by atoms with Crippen molar-refractivity contribution in [2.75, 3.05) is 39.0 Å². The summed E-state index contributed by atoms with van der Waals surface area (Å²) in [6, 6.07) is 0.293. The Labute approximate surface area is 229 Å². The molecule has 6 N–H and O–H groups in total. The van der Waals surface area contributed by atoms with Crippen molar-refractivity contribution in [3.63, 3.8) is 0 Å².